The van der Waals surface area contributed by atoms with E-state index in [0.717, 1.165) is 10.0 Å². The largest absolute Gasteiger partial charge is 0.271 e. The van der Waals surface area contributed by atoms with Gasteiger partial charge < -0.3 is 0 Å². The van der Waals surface area contributed by atoms with Crippen molar-refractivity contribution >= 4 is 27.5 Å². The first-order valence-electron chi connectivity index (χ1n) is 5.87. The van der Waals surface area contributed by atoms with Crippen LogP contribution in [0.25, 0.3) is 0 Å². The molecule has 1 atom stereocenters. The van der Waals surface area contributed by atoms with Crippen LogP contribution in [0.3, 0.4) is 0 Å². The summed E-state index contributed by atoms with van der Waals surface area (Å²) < 4.78 is 28.4. The van der Waals surface area contributed by atoms with Gasteiger partial charge in [0.05, 0.1) is 6.04 Å². The molecule has 0 aliphatic carbocycles. The maximum Gasteiger partial charge on any atom is 0.130 e. The summed E-state index contributed by atoms with van der Waals surface area (Å²) >= 11 is 9.41. The van der Waals surface area contributed by atoms with Gasteiger partial charge in [-0.05, 0) is 36.2 Å². The van der Waals surface area contributed by atoms with Gasteiger partial charge in [0, 0.05) is 15.1 Å². The van der Waals surface area contributed by atoms with Crippen molar-refractivity contribution in [2.24, 2.45) is 5.84 Å². The summed E-state index contributed by atoms with van der Waals surface area (Å²) in [5.41, 5.74) is 3.10. The normalized spacial score (nSPS) is 12.4. The first-order chi connectivity index (χ1) is 9.52. The third-order valence-corrected chi connectivity index (χ3v) is 3.83. The third-order valence-electron chi connectivity index (χ3n) is 2.99. The first-order valence-corrected chi connectivity index (χ1v) is 7.04. The highest BCUT2D eigenvalue weighted by molar-refractivity contribution is 9.10. The van der Waals surface area contributed by atoms with Gasteiger partial charge in [-0.1, -0.05) is 39.7 Å². The van der Waals surface area contributed by atoms with Crippen LogP contribution in [-0.4, -0.2) is 0 Å². The molecule has 0 saturated heterocycles. The summed E-state index contributed by atoms with van der Waals surface area (Å²) in [6.45, 7) is 0. The molecule has 0 aromatic heterocycles. The molecule has 2 nitrogen and oxygen atoms in total. The number of halogens is 4. The van der Waals surface area contributed by atoms with Crippen LogP contribution in [0, 0.1) is 11.6 Å². The van der Waals surface area contributed by atoms with Crippen LogP contribution in [0.1, 0.15) is 17.2 Å². The molecule has 3 N–H and O–H groups in total. The molecular formula is C14H12BrClF2N2. The Morgan fingerprint density at radius 2 is 1.85 bits per heavy atom. The van der Waals surface area contributed by atoms with Crippen molar-refractivity contribution in [1.29, 1.82) is 0 Å². The molecule has 0 aliphatic rings. The van der Waals surface area contributed by atoms with Crippen LogP contribution in [0.15, 0.2) is 40.9 Å². The molecule has 0 amide bonds. The van der Waals surface area contributed by atoms with Crippen LogP contribution >= 0.6 is 27.5 Å². The molecule has 6 heteroatoms. The Kier molecular flexibility index (Phi) is 5.10. The van der Waals surface area contributed by atoms with E-state index in [0.29, 0.717) is 5.02 Å². The van der Waals surface area contributed by atoms with E-state index in [-0.39, 0.29) is 12.0 Å². The summed E-state index contributed by atoms with van der Waals surface area (Å²) in [4.78, 5) is 0. The minimum absolute atomic E-state index is 0.0889. The van der Waals surface area contributed by atoms with Gasteiger partial charge >= 0.3 is 0 Å². The summed E-state index contributed by atoms with van der Waals surface area (Å²) in [6.07, 6.45) is 0.278. The highest BCUT2D eigenvalue weighted by Gasteiger charge is 2.20. The van der Waals surface area contributed by atoms with Crippen LogP contribution < -0.4 is 11.3 Å². The number of nitrogens with one attached hydrogen (secondary N) is 1. The molecule has 0 fully saturated rings. The predicted molar refractivity (Wildman–Crippen MR) is 79.3 cm³/mol. The second-order valence-corrected chi connectivity index (χ2v) is 5.62. The molecule has 0 heterocycles. The molecule has 2 aromatic rings. The quantitative estimate of drug-likeness (QED) is 0.635. The molecule has 0 aliphatic heterocycles. The fraction of sp³-hybridized carbons (Fsp3) is 0.143. The molecule has 106 valence electrons. The van der Waals surface area contributed by atoms with E-state index < -0.39 is 17.7 Å². The molecule has 0 saturated carbocycles. The van der Waals surface area contributed by atoms with E-state index in [1.54, 1.807) is 12.1 Å². The van der Waals surface area contributed by atoms with Crippen molar-refractivity contribution in [3.05, 3.63) is 68.7 Å². The highest BCUT2D eigenvalue weighted by Crippen LogP contribution is 2.28. The maximum atomic E-state index is 13.8. The summed E-state index contributed by atoms with van der Waals surface area (Å²) in [7, 11) is 0. The topological polar surface area (TPSA) is 38.0 Å². The zero-order chi connectivity index (χ0) is 14.7. The minimum Gasteiger partial charge on any atom is -0.271 e. The lowest BCUT2D eigenvalue weighted by Gasteiger charge is -2.18. The number of nitrogens with two attached hydrogens (primary N) is 1. The average molecular weight is 362 g/mol. The van der Waals surface area contributed by atoms with E-state index in [1.807, 2.05) is 6.07 Å². The van der Waals surface area contributed by atoms with Crippen LogP contribution in [-0.2, 0) is 6.42 Å². The van der Waals surface area contributed by atoms with Crippen molar-refractivity contribution in [3.63, 3.8) is 0 Å². The monoisotopic (exact) mass is 360 g/mol. The Morgan fingerprint density at radius 3 is 2.40 bits per heavy atom. The number of hydrogen-bond donors (Lipinski definition) is 2. The number of hydrazine groups is 1. The lowest BCUT2D eigenvalue weighted by Crippen LogP contribution is -2.31. The van der Waals surface area contributed by atoms with Crippen molar-refractivity contribution in [3.8, 4) is 0 Å². The van der Waals surface area contributed by atoms with E-state index in [1.165, 1.54) is 18.2 Å². The fourth-order valence-corrected chi connectivity index (χ4v) is 2.75. The Balaban J connectivity index is 2.34. The van der Waals surface area contributed by atoms with Gasteiger partial charge in [-0.15, -0.1) is 0 Å². The number of rotatable bonds is 4. The number of hydrogen-bond acceptors (Lipinski definition) is 2. The first kappa shape index (κ1) is 15.4. The lowest BCUT2D eigenvalue weighted by atomic mass is 9.98. The van der Waals surface area contributed by atoms with Gasteiger partial charge in [-0.3, -0.25) is 11.3 Å². The fourth-order valence-electron chi connectivity index (χ4n) is 2.00. The standard InChI is InChI=1S/C14H12BrClF2N2/c15-9-5-4-8(10(16)7-9)6-13(20-19)14-11(17)2-1-3-12(14)18/h1-5,7,13,20H,6,19H2. The van der Waals surface area contributed by atoms with Crippen LogP contribution in [0.4, 0.5) is 8.78 Å². The van der Waals surface area contributed by atoms with Crippen molar-refractivity contribution < 1.29 is 8.78 Å². The molecule has 1 unspecified atom stereocenters. The van der Waals surface area contributed by atoms with Crippen LogP contribution in [0.5, 0.6) is 0 Å². The second-order valence-electron chi connectivity index (χ2n) is 4.29. The SMILES string of the molecule is NNC(Cc1ccc(Br)cc1Cl)c1c(F)cccc1F. The van der Waals surface area contributed by atoms with Crippen molar-refractivity contribution in [1.82, 2.24) is 5.43 Å². The van der Waals surface area contributed by atoms with Gasteiger partial charge in [-0.2, -0.15) is 0 Å². The Bertz CT molecular complexity index is 602. The Hall–Kier alpha value is -1.01. The molecule has 0 bridgehead atoms. The Labute approximate surface area is 129 Å². The molecular weight excluding hydrogens is 350 g/mol. The van der Waals surface area contributed by atoms with Gasteiger partial charge in [0.2, 0.25) is 0 Å². The smallest absolute Gasteiger partial charge is 0.130 e. The zero-order valence-corrected chi connectivity index (χ0v) is 12.7. The zero-order valence-electron chi connectivity index (χ0n) is 10.3. The third kappa shape index (κ3) is 3.35. The van der Waals surface area contributed by atoms with Gasteiger partial charge in [-0.25, -0.2) is 8.78 Å². The van der Waals surface area contributed by atoms with Crippen molar-refractivity contribution in [2.45, 2.75) is 12.5 Å². The van der Waals surface area contributed by atoms with Gasteiger partial charge in [0.25, 0.3) is 0 Å². The summed E-state index contributed by atoms with van der Waals surface area (Å²) in [5, 5.41) is 0.511. The highest BCUT2D eigenvalue weighted by atomic mass is 79.9. The van der Waals surface area contributed by atoms with E-state index >= 15 is 0 Å². The maximum absolute atomic E-state index is 13.8. The average Bonchev–Trinajstić information content (AvgIpc) is 2.39. The molecule has 0 spiro atoms. The second kappa shape index (κ2) is 6.63. The summed E-state index contributed by atoms with van der Waals surface area (Å²) in [6, 6.07) is 8.34. The molecule has 2 aromatic carbocycles. The molecule has 20 heavy (non-hydrogen) atoms. The van der Waals surface area contributed by atoms with E-state index in [4.69, 9.17) is 17.4 Å². The minimum atomic E-state index is -0.699. The number of benzene rings is 2. The Morgan fingerprint density at radius 1 is 1.20 bits per heavy atom. The molecule has 0 radical (unpaired) electrons. The van der Waals surface area contributed by atoms with Crippen LogP contribution in [0.2, 0.25) is 5.02 Å². The van der Waals surface area contributed by atoms with Gasteiger partial charge in [0.1, 0.15) is 11.6 Å². The van der Waals surface area contributed by atoms with Gasteiger partial charge in [0.15, 0.2) is 0 Å². The molecule has 2 rings (SSSR count). The summed E-state index contributed by atoms with van der Waals surface area (Å²) in [5.74, 6) is 4.16. The van der Waals surface area contributed by atoms with E-state index in [9.17, 15) is 8.78 Å². The van der Waals surface area contributed by atoms with E-state index in [2.05, 4.69) is 21.4 Å². The predicted octanol–water partition coefficient (Wildman–Crippen LogP) is 4.13. The lowest BCUT2D eigenvalue weighted by molar-refractivity contribution is 0.473. The van der Waals surface area contributed by atoms with Crippen molar-refractivity contribution in [2.75, 3.05) is 0 Å².